The molecule has 630 valence electrons. The number of nitrogens with one attached hydrogen (secondary N) is 1. The van der Waals surface area contributed by atoms with Crippen molar-refractivity contribution in [3.63, 3.8) is 0 Å². The molecule has 0 aliphatic carbocycles. The van der Waals surface area contributed by atoms with E-state index in [0.29, 0.717) is 12.8 Å². The van der Waals surface area contributed by atoms with Gasteiger partial charge in [-0.3, -0.25) is 4.79 Å². The number of aliphatic hydroxyl groups excluding tert-OH is 11. The second-order valence-corrected chi connectivity index (χ2v) is 32.8. The molecule has 3 aliphatic heterocycles. The molecule has 19 nitrogen and oxygen atoms in total. The summed E-state index contributed by atoms with van der Waals surface area (Å²) in [5.41, 5.74) is 0. The fraction of sp³-hybridized carbons (Fsp3) is 0.989. The van der Waals surface area contributed by atoms with Crippen LogP contribution in [0.15, 0.2) is 0 Å². The van der Waals surface area contributed by atoms with Crippen LogP contribution in [0.2, 0.25) is 0 Å². The van der Waals surface area contributed by atoms with Gasteiger partial charge in [0.1, 0.15) is 73.2 Å². The lowest BCUT2D eigenvalue weighted by molar-refractivity contribution is -0.379. The third kappa shape index (κ3) is 46.8. The molecule has 0 aromatic heterocycles. The van der Waals surface area contributed by atoms with Gasteiger partial charge in [-0.05, 0) is 12.8 Å². The molecule has 0 spiro atoms. The lowest BCUT2D eigenvalue weighted by atomic mass is 9.96. The molecule has 106 heavy (non-hydrogen) atoms. The second kappa shape index (κ2) is 68.2. The number of hydrogen-bond donors (Lipinski definition) is 12. The Morgan fingerprint density at radius 2 is 0.538 bits per heavy atom. The molecule has 0 aromatic carbocycles. The van der Waals surface area contributed by atoms with E-state index < -0.39 is 124 Å². The first kappa shape index (κ1) is 99.0. The minimum atomic E-state index is -1.97. The molecule has 19 heteroatoms. The van der Waals surface area contributed by atoms with E-state index in [1.165, 1.54) is 340 Å². The van der Waals surface area contributed by atoms with Crippen LogP contribution in [0.5, 0.6) is 0 Å². The lowest BCUT2D eigenvalue weighted by Crippen LogP contribution is -2.66. The Morgan fingerprint density at radius 3 is 0.821 bits per heavy atom. The zero-order valence-corrected chi connectivity index (χ0v) is 68.0. The zero-order chi connectivity index (χ0) is 76.7. The van der Waals surface area contributed by atoms with Crippen LogP contribution in [0.4, 0.5) is 0 Å². The van der Waals surface area contributed by atoms with Gasteiger partial charge in [-0.15, -0.1) is 0 Å². The average molecular weight is 1520 g/mol. The van der Waals surface area contributed by atoms with Crippen LogP contribution < -0.4 is 5.32 Å². The van der Waals surface area contributed by atoms with Gasteiger partial charge < -0.3 is 89.9 Å². The van der Waals surface area contributed by atoms with Crippen molar-refractivity contribution < 1.29 is 89.4 Å². The van der Waals surface area contributed by atoms with Gasteiger partial charge in [0.25, 0.3) is 0 Å². The van der Waals surface area contributed by atoms with Crippen LogP contribution in [0, 0.1) is 0 Å². The first-order valence-corrected chi connectivity index (χ1v) is 45.3. The maximum absolute atomic E-state index is 13.5. The minimum absolute atomic E-state index is 0.231. The fourth-order valence-electron chi connectivity index (χ4n) is 16.0. The van der Waals surface area contributed by atoms with Crippen molar-refractivity contribution in [3.8, 4) is 0 Å². The summed E-state index contributed by atoms with van der Waals surface area (Å²) in [6.45, 7) is 1.89. The van der Waals surface area contributed by atoms with Crippen LogP contribution in [0.1, 0.15) is 418 Å². The van der Waals surface area contributed by atoms with Crippen LogP contribution >= 0.6 is 0 Å². The Bertz CT molecular complexity index is 1910. The highest BCUT2D eigenvalue weighted by Gasteiger charge is 2.54. The van der Waals surface area contributed by atoms with Crippen molar-refractivity contribution in [2.45, 2.75) is 523 Å². The molecule has 3 rings (SSSR count). The average Bonchev–Trinajstić information content (AvgIpc) is 0.781. The molecule has 0 bridgehead atoms. The molecule has 3 heterocycles. The molecule has 17 atom stereocenters. The van der Waals surface area contributed by atoms with E-state index in [4.69, 9.17) is 28.4 Å². The van der Waals surface area contributed by atoms with Crippen molar-refractivity contribution in [2.75, 3.05) is 26.4 Å². The Hall–Kier alpha value is -1.21. The van der Waals surface area contributed by atoms with Gasteiger partial charge in [-0.1, -0.05) is 399 Å². The van der Waals surface area contributed by atoms with Crippen molar-refractivity contribution in [1.82, 2.24) is 5.32 Å². The molecule has 0 aromatic rings. The van der Waals surface area contributed by atoms with Crippen molar-refractivity contribution in [3.05, 3.63) is 0 Å². The van der Waals surface area contributed by atoms with E-state index in [1.54, 1.807) is 0 Å². The predicted octanol–water partition coefficient (Wildman–Crippen LogP) is 16.9. The first-order valence-electron chi connectivity index (χ1n) is 45.3. The molecule has 3 aliphatic rings. The Balaban J connectivity index is 1.31. The monoisotopic (exact) mass is 1520 g/mol. The summed E-state index contributed by atoms with van der Waals surface area (Å²) in [4.78, 5) is 13.5. The SMILES string of the molecule is CCCCCCCCCCCCCCCCCCCCCCCCCCCCCCCCCCCC(=O)NC(COC1OC(CO)C(OC2OC(CO)C(OC3OC(CO)C(O)C(O)C3O)C(O)C2O)C(O)C1O)C(O)CCCCCCCCCCCCCCCCCCCCCCCCCCCCCC. The van der Waals surface area contributed by atoms with Gasteiger partial charge in [0.2, 0.25) is 5.91 Å². The summed E-state index contributed by atoms with van der Waals surface area (Å²) < 4.78 is 34.6. The third-order valence-electron chi connectivity index (χ3n) is 23.2. The highest BCUT2D eigenvalue weighted by Crippen LogP contribution is 2.34. The normalized spacial score (nSPS) is 25.5. The van der Waals surface area contributed by atoms with Gasteiger partial charge in [-0.25, -0.2) is 0 Å². The number of amides is 1. The van der Waals surface area contributed by atoms with Gasteiger partial charge >= 0.3 is 0 Å². The van der Waals surface area contributed by atoms with Gasteiger partial charge in [-0.2, -0.15) is 0 Å². The van der Waals surface area contributed by atoms with E-state index >= 15 is 0 Å². The van der Waals surface area contributed by atoms with E-state index in [9.17, 15) is 61.0 Å². The largest absolute Gasteiger partial charge is 0.394 e. The number of rotatable bonds is 75. The topological polar surface area (TPSA) is 307 Å². The van der Waals surface area contributed by atoms with Gasteiger partial charge in [0.15, 0.2) is 18.9 Å². The maximum atomic E-state index is 13.5. The molecule has 3 fully saturated rings. The number of hydrogen-bond acceptors (Lipinski definition) is 18. The molecule has 1 amide bonds. The molecule has 3 saturated heterocycles. The molecular formula is C87H169NO18. The molecular weight excluding hydrogens is 1350 g/mol. The van der Waals surface area contributed by atoms with E-state index in [-0.39, 0.29) is 18.9 Å². The van der Waals surface area contributed by atoms with Crippen LogP contribution in [-0.2, 0) is 33.2 Å². The number of aliphatic hydroxyl groups is 11. The lowest BCUT2D eigenvalue weighted by Gasteiger charge is -2.48. The Labute approximate surface area is 646 Å². The van der Waals surface area contributed by atoms with Gasteiger partial charge in [0.05, 0.1) is 38.6 Å². The number of carbonyl (C=O) groups is 1. The fourth-order valence-corrected chi connectivity index (χ4v) is 16.0. The summed E-state index contributed by atoms with van der Waals surface area (Å²) >= 11 is 0. The first-order chi connectivity index (χ1) is 51.8. The van der Waals surface area contributed by atoms with Crippen LogP contribution in [-0.4, -0.2) is 193 Å². The van der Waals surface area contributed by atoms with Crippen molar-refractivity contribution in [2.24, 2.45) is 0 Å². The minimum Gasteiger partial charge on any atom is -0.394 e. The molecule has 0 radical (unpaired) electrons. The van der Waals surface area contributed by atoms with Crippen LogP contribution in [0.25, 0.3) is 0 Å². The van der Waals surface area contributed by atoms with Crippen molar-refractivity contribution in [1.29, 1.82) is 0 Å². The summed E-state index contributed by atoms with van der Waals surface area (Å²) in [5.74, 6) is -0.231. The van der Waals surface area contributed by atoms with E-state index in [2.05, 4.69) is 19.2 Å². The molecule has 17 unspecified atom stereocenters. The zero-order valence-electron chi connectivity index (χ0n) is 68.0. The predicted molar refractivity (Wildman–Crippen MR) is 425 cm³/mol. The highest BCUT2D eigenvalue weighted by molar-refractivity contribution is 5.76. The quantitative estimate of drug-likeness (QED) is 0.0252. The Morgan fingerprint density at radius 1 is 0.302 bits per heavy atom. The second-order valence-electron chi connectivity index (χ2n) is 32.8. The van der Waals surface area contributed by atoms with Crippen LogP contribution in [0.3, 0.4) is 0 Å². The number of unbranched alkanes of at least 4 members (excludes halogenated alkanes) is 59. The van der Waals surface area contributed by atoms with E-state index in [0.717, 1.165) is 44.9 Å². The third-order valence-corrected chi connectivity index (χ3v) is 23.2. The number of ether oxygens (including phenoxy) is 6. The summed E-state index contributed by atoms with van der Waals surface area (Å²) in [7, 11) is 0. The molecule has 12 N–H and O–H groups in total. The highest BCUT2D eigenvalue weighted by atomic mass is 16.8. The van der Waals surface area contributed by atoms with E-state index in [1.807, 2.05) is 0 Å². The standard InChI is InChI=1S/C87H169NO18/c1-3-5-7-9-11-13-15-17-19-21-23-25-27-29-31-33-34-35-36-37-39-41-43-45-47-49-51-53-55-57-59-61-63-65-75(93)88-70(71(92)64-62-60-58-56-54-52-50-48-46-44-42-40-38-32-30-28-26-24-22-20-18-16-14-12-10-8-6-4-2)69-101-85-81(99)78(96)83(73(67-90)103-85)106-87-82(100)79(97)84(74(68-91)104-87)105-86-80(98)77(95)76(94)72(66-89)102-86/h70-74,76-87,89-92,94-100H,3-69H2,1-2H3,(H,88,93). The number of carbonyl (C=O) groups excluding carboxylic acids is 1. The summed E-state index contributed by atoms with van der Waals surface area (Å²) in [6, 6.07) is -0.884. The van der Waals surface area contributed by atoms with Gasteiger partial charge in [0, 0.05) is 6.42 Å². The van der Waals surface area contributed by atoms with Crippen molar-refractivity contribution >= 4 is 5.91 Å². The molecule has 0 saturated carbocycles. The maximum Gasteiger partial charge on any atom is 0.220 e. The summed E-state index contributed by atoms with van der Waals surface area (Å²) in [6.07, 6.45) is 55.1. The Kier molecular flexibility index (Phi) is 63.7. The smallest absolute Gasteiger partial charge is 0.220 e. The summed E-state index contributed by atoms with van der Waals surface area (Å²) in [5, 5.41) is 121.